The lowest BCUT2D eigenvalue weighted by molar-refractivity contribution is 0.603. The molecule has 24 heavy (non-hydrogen) atoms. The van der Waals surface area contributed by atoms with E-state index in [4.69, 9.17) is 0 Å². The fourth-order valence-electron chi connectivity index (χ4n) is 3.16. The molecule has 0 saturated heterocycles. The van der Waals surface area contributed by atoms with Crippen molar-refractivity contribution in [2.75, 3.05) is 6.54 Å². The maximum atomic E-state index is 12.5. The van der Waals surface area contributed by atoms with Gasteiger partial charge in [-0.25, -0.2) is 8.42 Å². The Labute approximate surface area is 151 Å². The van der Waals surface area contributed by atoms with E-state index in [1.807, 2.05) is 25.1 Å². The summed E-state index contributed by atoms with van der Waals surface area (Å²) in [5.41, 5.74) is 2.81. The molecule has 1 aliphatic carbocycles. The summed E-state index contributed by atoms with van der Waals surface area (Å²) in [6, 6.07) is 7.33. The number of hydrogen-bond donors (Lipinski definition) is 1. The Bertz CT molecular complexity index is 838. The number of allylic oxidation sites excluding steroid dienone is 1. The lowest BCUT2D eigenvalue weighted by atomic mass is 9.97. The normalized spacial score (nSPS) is 21.8. The van der Waals surface area contributed by atoms with Crippen LogP contribution in [0, 0.1) is 0 Å². The van der Waals surface area contributed by atoms with E-state index in [0.717, 1.165) is 23.7 Å². The first-order valence-electron chi connectivity index (χ1n) is 8.20. The van der Waals surface area contributed by atoms with Crippen LogP contribution < -0.4 is 4.72 Å². The standard InChI is InChI=1S/C18H21BrN2O2S/c1-13-17(15-8-5-9-16(19)12-15)24(22,23)21-18(13)20-11-10-14-6-3-2-4-7-14/h5-6,8-9,12H,2-4,7,10-11H2,1H3,(H,20,21). The van der Waals surface area contributed by atoms with Crippen molar-refractivity contribution in [3.8, 4) is 0 Å². The summed E-state index contributed by atoms with van der Waals surface area (Å²) < 4.78 is 28.4. The molecule has 0 amide bonds. The van der Waals surface area contributed by atoms with Crippen LogP contribution in [0.2, 0.25) is 0 Å². The van der Waals surface area contributed by atoms with Gasteiger partial charge < -0.3 is 0 Å². The molecule has 0 spiro atoms. The van der Waals surface area contributed by atoms with Crippen LogP contribution in [-0.4, -0.2) is 20.8 Å². The number of sulfonamides is 1. The van der Waals surface area contributed by atoms with Crippen LogP contribution in [0.4, 0.5) is 0 Å². The number of halogens is 1. The highest BCUT2D eigenvalue weighted by atomic mass is 79.9. The third-order valence-corrected chi connectivity index (χ3v) is 6.40. The Hall–Kier alpha value is -1.40. The molecule has 1 heterocycles. The minimum absolute atomic E-state index is 0.319. The van der Waals surface area contributed by atoms with Gasteiger partial charge in [0.1, 0.15) is 10.7 Å². The number of hydrogen-bond acceptors (Lipinski definition) is 3. The second-order valence-electron chi connectivity index (χ2n) is 6.16. The summed E-state index contributed by atoms with van der Waals surface area (Å²) in [6.45, 7) is 2.43. The zero-order valence-electron chi connectivity index (χ0n) is 13.7. The lowest BCUT2D eigenvalue weighted by Gasteiger charge is -2.11. The molecule has 128 valence electrons. The summed E-state index contributed by atoms with van der Waals surface area (Å²) in [5, 5.41) is 0. The molecule has 0 radical (unpaired) electrons. The molecule has 1 aliphatic heterocycles. The number of benzene rings is 1. The average Bonchev–Trinajstić information content (AvgIpc) is 2.77. The Balaban J connectivity index is 1.83. The largest absolute Gasteiger partial charge is 0.267 e. The third-order valence-electron chi connectivity index (χ3n) is 4.37. The monoisotopic (exact) mass is 408 g/mol. The first-order valence-corrected chi connectivity index (χ1v) is 10.5. The van der Waals surface area contributed by atoms with Crippen LogP contribution in [0.1, 0.15) is 44.6 Å². The summed E-state index contributed by atoms with van der Waals surface area (Å²) in [4.78, 5) is 4.83. The van der Waals surface area contributed by atoms with Crippen molar-refractivity contribution in [3.05, 3.63) is 51.5 Å². The van der Waals surface area contributed by atoms with Gasteiger partial charge in [0.15, 0.2) is 0 Å². The Morgan fingerprint density at radius 1 is 1.29 bits per heavy atom. The zero-order chi connectivity index (χ0) is 17.2. The highest BCUT2D eigenvalue weighted by molar-refractivity contribution is 9.10. The molecule has 0 aromatic heterocycles. The minimum Gasteiger partial charge on any atom is -0.267 e. The Morgan fingerprint density at radius 3 is 2.83 bits per heavy atom. The lowest BCUT2D eigenvalue weighted by Crippen LogP contribution is -2.23. The van der Waals surface area contributed by atoms with E-state index in [1.165, 1.54) is 18.4 Å². The summed E-state index contributed by atoms with van der Waals surface area (Å²) >= 11 is 3.39. The molecule has 1 N–H and O–H groups in total. The van der Waals surface area contributed by atoms with Crippen molar-refractivity contribution >= 4 is 36.7 Å². The van der Waals surface area contributed by atoms with Gasteiger partial charge in [0, 0.05) is 16.6 Å². The topological polar surface area (TPSA) is 58.5 Å². The van der Waals surface area contributed by atoms with Crippen LogP contribution in [-0.2, 0) is 10.0 Å². The molecule has 0 saturated carbocycles. The van der Waals surface area contributed by atoms with E-state index in [9.17, 15) is 8.42 Å². The maximum absolute atomic E-state index is 12.5. The Kier molecular flexibility index (Phi) is 5.25. The molecule has 4 nitrogen and oxygen atoms in total. The van der Waals surface area contributed by atoms with Gasteiger partial charge in [-0.1, -0.05) is 39.7 Å². The van der Waals surface area contributed by atoms with Gasteiger partial charge in [-0.15, -0.1) is 0 Å². The van der Waals surface area contributed by atoms with Gasteiger partial charge in [0.05, 0.1) is 0 Å². The number of aliphatic imine (C=N–C) groups is 1. The van der Waals surface area contributed by atoms with Gasteiger partial charge in [0.2, 0.25) is 0 Å². The van der Waals surface area contributed by atoms with Crippen LogP contribution in [0.5, 0.6) is 0 Å². The summed E-state index contributed by atoms with van der Waals surface area (Å²) in [7, 11) is -3.55. The predicted molar refractivity (Wildman–Crippen MR) is 102 cm³/mol. The van der Waals surface area contributed by atoms with Crippen LogP contribution in [0.3, 0.4) is 0 Å². The molecular formula is C18H21BrN2O2S. The van der Waals surface area contributed by atoms with E-state index in [-0.39, 0.29) is 0 Å². The molecule has 0 atom stereocenters. The molecule has 2 aliphatic rings. The zero-order valence-corrected chi connectivity index (χ0v) is 16.1. The van der Waals surface area contributed by atoms with Gasteiger partial charge in [0.25, 0.3) is 10.0 Å². The molecule has 3 rings (SSSR count). The van der Waals surface area contributed by atoms with E-state index in [0.29, 0.717) is 28.4 Å². The molecular weight excluding hydrogens is 388 g/mol. The SMILES string of the molecule is CC1=C(c2cccc(Br)c2)S(=O)(=O)NC1=NCCC1=CCCCC1. The molecule has 1 aromatic carbocycles. The molecule has 0 unspecified atom stereocenters. The van der Waals surface area contributed by atoms with E-state index < -0.39 is 10.0 Å². The van der Waals surface area contributed by atoms with Crippen LogP contribution >= 0.6 is 15.9 Å². The number of nitrogens with zero attached hydrogens (tertiary/aromatic N) is 1. The maximum Gasteiger partial charge on any atom is 0.264 e. The molecule has 0 fully saturated rings. The predicted octanol–water partition coefficient (Wildman–Crippen LogP) is 4.40. The van der Waals surface area contributed by atoms with E-state index >= 15 is 0 Å². The van der Waals surface area contributed by atoms with Crippen LogP contribution in [0.15, 0.2) is 51.0 Å². The highest BCUT2D eigenvalue weighted by Crippen LogP contribution is 2.31. The Morgan fingerprint density at radius 2 is 2.12 bits per heavy atom. The van der Waals surface area contributed by atoms with Gasteiger partial charge in [-0.05, 0) is 56.7 Å². The van der Waals surface area contributed by atoms with Gasteiger partial charge in [-0.2, -0.15) is 0 Å². The van der Waals surface area contributed by atoms with Crippen molar-refractivity contribution in [2.24, 2.45) is 4.99 Å². The second kappa shape index (κ2) is 7.23. The third kappa shape index (κ3) is 3.81. The fraction of sp³-hybridized carbons (Fsp3) is 0.389. The van der Waals surface area contributed by atoms with Gasteiger partial charge >= 0.3 is 0 Å². The highest BCUT2D eigenvalue weighted by Gasteiger charge is 2.32. The molecule has 1 aromatic rings. The fourth-order valence-corrected chi connectivity index (χ4v) is 5.07. The summed E-state index contributed by atoms with van der Waals surface area (Å²) in [6.07, 6.45) is 8.04. The van der Waals surface area contributed by atoms with Crippen molar-refractivity contribution in [1.82, 2.24) is 4.72 Å². The quantitative estimate of drug-likeness (QED) is 0.750. The van der Waals surface area contributed by atoms with Crippen molar-refractivity contribution in [1.29, 1.82) is 0 Å². The second-order valence-corrected chi connectivity index (χ2v) is 8.69. The number of rotatable bonds is 4. The van der Waals surface area contributed by atoms with Crippen molar-refractivity contribution in [3.63, 3.8) is 0 Å². The van der Waals surface area contributed by atoms with Crippen molar-refractivity contribution < 1.29 is 8.42 Å². The van der Waals surface area contributed by atoms with Crippen LogP contribution in [0.25, 0.3) is 4.91 Å². The molecule has 6 heteroatoms. The summed E-state index contributed by atoms with van der Waals surface area (Å²) in [5.74, 6) is 0.474. The number of amidine groups is 1. The first-order chi connectivity index (χ1) is 11.5. The first kappa shape index (κ1) is 17.4. The smallest absolute Gasteiger partial charge is 0.264 e. The van der Waals surface area contributed by atoms with Crippen molar-refractivity contribution in [2.45, 2.75) is 39.0 Å². The van der Waals surface area contributed by atoms with Gasteiger partial charge in [-0.3, -0.25) is 9.71 Å². The average molecular weight is 409 g/mol. The van der Waals surface area contributed by atoms with E-state index in [1.54, 1.807) is 6.07 Å². The molecule has 0 bridgehead atoms. The number of nitrogens with one attached hydrogen (secondary N) is 1. The minimum atomic E-state index is -3.55. The van der Waals surface area contributed by atoms with E-state index in [2.05, 4.69) is 31.7 Å².